The summed E-state index contributed by atoms with van der Waals surface area (Å²) in [5, 5.41) is 6.63. The Morgan fingerprint density at radius 2 is 1.97 bits per heavy atom. The van der Waals surface area contributed by atoms with Crippen LogP contribution in [0.5, 0.6) is 0 Å². The van der Waals surface area contributed by atoms with Gasteiger partial charge in [0.2, 0.25) is 5.91 Å². The summed E-state index contributed by atoms with van der Waals surface area (Å²) in [6.07, 6.45) is 3.08. The van der Waals surface area contributed by atoms with Gasteiger partial charge in [0.15, 0.2) is 0 Å². The molecular formula is C24H28N4O2. The van der Waals surface area contributed by atoms with Crippen molar-refractivity contribution in [3.8, 4) is 0 Å². The van der Waals surface area contributed by atoms with Crippen LogP contribution >= 0.6 is 0 Å². The normalized spacial score (nSPS) is 20.7. The Balaban J connectivity index is 1.21. The number of carbonyl (C=O) groups excluding carboxylic acids is 2. The molecular weight excluding hydrogens is 376 g/mol. The lowest BCUT2D eigenvalue weighted by atomic mass is 10.00. The number of carbonyl (C=O) groups is 2. The van der Waals surface area contributed by atoms with Gasteiger partial charge < -0.3 is 20.4 Å². The summed E-state index contributed by atoms with van der Waals surface area (Å²) in [5.74, 6) is 0.201. The summed E-state index contributed by atoms with van der Waals surface area (Å²) < 4.78 is 0. The third-order valence-electron chi connectivity index (χ3n) is 6.58. The quantitative estimate of drug-likeness (QED) is 0.821. The Hall–Kier alpha value is -2.86. The molecule has 0 saturated carbocycles. The van der Waals surface area contributed by atoms with Crippen LogP contribution in [0.2, 0.25) is 0 Å². The van der Waals surface area contributed by atoms with Crippen LogP contribution in [-0.4, -0.2) is 53.8 Å². The highest BCUT2D eigenvalue weighted by Crippen LogP contribution is 2.29. The first-order chi connectivity index (χ1) is 14.7. The van der Waals surface area contributed by atoms with Gasteiger partial charge in [-0.25, -0.2) is 0 Å². The highest BCUT2D eigenvalue weighted by Gasteiger charge is 2.33. The Kier molecular flexibility index (Phi) is 5.17. The monoisotopic (exact) mass is 404 g/mol. The van der Waals surface area contributed by atoms with E-state index in [4.69, 9.17) is 0 Å². The molecule has 0 radical (unpaired) electrons. The molecule has 30 heavy (non-hydrogen) atoms. The molecule has 5 rings (SSSR count). The third kappa shape index (κ3) is 3.67. The Morgan fingerprint density at radius 1 is 1.10 bits per heavy atom. The van der Waals surface area contributed by atoms with Gasteiger partial charge in [-0.1, -0.05) is 30.3 Å². The summed E-state index contributed by atoms with van der Waals surface area (Å²) >= 11 is 0. The average Bonchev–Trinajstić information content (AvgIpc) is 3.13. The van der Waals surface area contributed by atoms with Crippen molar-refractivity contribution in [1.29, 1.82) is 0 Å². The van der Waals surface area contributed by atoms with Gasteiger partial charge in [-0.2, -0.15) is 0 Å². The summed E-state index contributed by atoms with van der Waals surface area (Å²) in [4.78, 5) is 29.6. The average molecular weight is 405 g/mol. The molecule has 3 heterocycles. The van der Waals surface area contributed by atoms with Crippen LogP contribution < -0.4 is 10.6 Å². The van der Waals surface area contributed by atoms with Crippen LogP contribution in [0.1, 0.15) is 39.9 Å². The van der Waals surface area contributed by atoms with Crippen LogP contribution in [0.4, 0.5) is 5.69 Å². The highest BCUT2D eigenvalue weighted by atomic mass is 16.2. The van der Waals surface area contributed by atoms with Crippen LogP contribution in [0, 0.1) is 0 Å². The van der Waals surface area contributed by atoms with Crippen LogP contribution in [0.25, 0.3) is 0 Å². The van der Waals surface area contributed by atoms with E-state index in [1.54, 1.807) is 0 Å². The summed E-state index contributed by atoms with van der Waals surface area (Å²) in [6, 6.07) is 14.5. The van der Waals surface area contributed by atoms with Crippen molar-refractivity contribution in [3.63, 3.8) is 0 Å². The van der Waals surface area contributed by atoms with Gasteiger partial charge in [0.05, 0.1) is 6.54 Å². The van der Waals surface area contributed by atoms with Crippen molar-refractivity contribution in [2.24, 2.45) is 0 Å². The maximum Gasteiger partial charge on any atom is 0.254 e. The molecule has 0 spiro atoms. The number of rotatable bonds is 4. The minimum Gasteiger partial charge on any atom is -0.376 e. The lowest BCUT2D eigenvalue weighted by Crippen LogP contribution is -2.46. The standard InChI is InChI=1S/C24H28N4O2/c29-23(27-11-9-17-4-1-2-5-18(17)15-27)14-26-20-8-7-19-16-28(24(30)22(19)12-20)21-6-3-10-25-13-21/h1-2,4-5,7-8,12,21,25-26H,3,6,9-11,13-16H2. The Bertz CT molecular complexity index is 967. The highest BCUT2D eigenvalue weighted by molar-refractivity contribution is 5.99. The summed E-state index contributed by atoms with van der Waals surface area (Å²) in [7, 11) is 0. The molecule has 2 N–H and O–H groups in total. The SMILES string of the molecule is O=C(CNc1ccc2c(c1)C(=O)N(C1CCCNC1)C2)N1CCc2ccccc2C1. The molecule has 1 saturated heterocycles. The number of benzene rings is 2. The topological polar surface area (TPSA) is 64.7 Å². The van der Waals surface area contributed by atoms with Crippen molar-refractivity contribution in [1.82, 2.24) is 15.1 Å². The van der Waals surface area contributed by atoms with E-state index in [0.717, 1.165) is 55.7 Å². The van der Waals surface area contributed by atoms with E-state index in [9.17, 15) is 9.59 Å². The fourth-order valence-electron chi connectivity index (χ4n) is 4.83. The maximum absolute atomic E-state index is 12.9. The number of fused-ring (bicyclic) bond motifs is 2. The Labute approximate surface area is 177 Å². The molecule has 3 aliphatic heterocycles. The van der Waals surface area contributed by atoms with E-state index in [-0.39, 0.29) is 24.4 Å². The van der Waals surface area contributed by atoms with Crippen molar-refractivity contribution >= 4 is 17.5 Å². The maximum atomic E-state index is 12.9. The summed E-state index contributed by atoms with van der Waals surface area (Å²) in [5.41, 5.74) is 5.25. The lowest BCUT2D eigenvalue weighted by Gasteiger charge is -2.31. The zero-order valence-electron chi connectivity index (χ0n) is 17.2. The number of nitrogens with one attached hydrogen (secondary N) is 2. The molecule has 6 nitrogen and oxygen atoms in total. The predicted molar refractivity (Wildman–Crippen MR) is 116 cm³/mol. The van der Waals surface area contributed by atoms with Crippen LogP contribution in [0.15, 0.2) is 42.5 Å². The lowest BCUT2D eigenvalue weighted by molar-refractivity contribution is -0.130. The predicted octanol–water partition coefficient (Wildman–Crippen LogP) is 2.39. The number of piperidine rings is 1. The van der Waals surface area contributed by atoms with Gasteiger partial charge in [-0.05, 0) is 54.6 Å². The molecule has 156 valence electrons. The molecule has 1 fully saturated rings. The minimum absolute atomic E-state index is 0.0891. The third-order valence-corrected chi connectivity index (χ3v) is 6.58. The van der Waals surface area contributed by atoms with E-state index in [1.807, 2.05) is 34.1 Å². The molecule has 1 atom stereocenters. The second kappa shape index (κ2) is 8.11. The van der Waals surface area contributed by atoms with Gasteiger partial charge in [0, 0.05) is 43.5 Å². The van der Waals surface area contributed by atoms with Gasteiger partial charge in [0.25, 0.3) is 5.91 Å². The second-order valence-electron chi connectivity index (χ2n) is 8.49. The fraction of sp³-hybridized carbons (Fsp3) is 0.417. The van der Waals surface area contributed by atoms with Crippen LogP contribution in [-0.2, 0) is 24.3 Å². The molecule has 0 bridgehead atoms. The molecule has 6 heteroatoms. The number of anilines is 1. The number of amides is 2. The van der Waals surface area contributed by atoms with Crippen molar-refractivity contribution in [2.45, 2.75) is 38.4 Å². The number of nitrogens with zero attached hydrogens (tertiary/aromatic N) is 2. The van der Waals surface area contributed by atoms with E-state index in [1.165, 1.54) is 11.1 Å². The van der Waals surface area contributed by atoms with Gasteiger partial charge >= 0.3 is 0 Å². The smallest absolute Gasteiger partial charge is 0.254 e. The molecule has 2 aromatic rings. The number of hydrogen-bond donors (Lipinski definition) is 2. The number of hydrogen-bond acceptors (Lipinski definition) is 4. The first-order valence-corrected chi connectivity index (χ1v) is 10.9. The Morgan fingerprint density at radius 3 is 2.80 bits per heavy atom. The van der Waals surface area contributed by atoms with Crippen molar-refractivity contribution in [2.75, 3.05) is 31.5 Å². The molecule has 0 aliphatic carbocycles. The van der Waals surface area contributed by atoms with Crippen molar-refractivity contribution < 1.29 is 9.59 Å². The molecule has 3 aliphatic rings. The van der Waals surface area contributed by atoms with Crippen LogP contribution in [0.3, 0.4) is 0 Å². The van der Waals surface area contributed by atoms with E-state index in [2.05, 4.69) is 28.8 Å². The van der Waals surface area contributed by atoms with Crippen molar-refractivity contribution in [3.05, 3.63) is 64.7 Å². The van der Waals surface area contributed by atoms with Gasteiger partial charge in [-0.15, -0.1) is 0 Å². The van der Waals surface area contributed by atoms with E-state index >= 15 is 0 Å². The molecule has 1 unspecified atom stereocenters. The second-order valence-corrected chi connectivity index (χ2v) is 8.49. The molecule has 0 aromatic heterocycles. The van der Waals surface area contributed by atoms with Gasteiger partial charge in [0.1, 0.15) is 0 Å². The molecule has 2 amide bonds. The fourth-order valence-corrected chi connectivity index (χ4v) is 4.83. The van der Waals surface area contributed by atoms with E-state index in [0.29, 0.717) is 13.1 Å². The minimum atomic E-state index is 0.0891. The zero-order chi connectivity index (χ0) is 20.5. The summed E-state index contributed by atoms with van der Waals surface area (Å²) in [6.45, 7) is 4.27. The first kappa shape index (κ1) is 19.1. The molecule has 2 aromatic carbocycles. The first-order valence-electron chi connectivity index (χ1n) is 10.9. The van der Waals surface area contributed by atoms with E-state index < -0.39 is 0 Å². The largest absolute Gasteiger partial charge is 0.376 e. The van der Waals surface area contributed by atoms with Gasteiger partial charge in [-0.3, -0.25) is 9.59 Å². The zero-order valence-corrected chi connectivity index (χ0v) is 17.2.